The lowest BCUT2D eigenvalue weighted by molar-refractivity contribution is 0.246. The molecular formula is C15H17N3O. The van der Waals surface area contributed by atoms with Gasteiger partial charge in [0.15, 0.2) is 0 Å². The lowest BCUT2D eigenvalue weighted by Gasteiger charge is -2.13. The van der Waals surface area contributed by atoms with Gasteiger partial charge in [-0.05, 0) is 30.2 Å². The van der Waals surface area contributed by atoms with Crippen molar-refractivity contribution >= 4 is 11.5 Å². The fourth-order valence-electron chi connectivity index (χ4n) is 2.32. The molecule has 2 heterocycles. The maximum atomic E-state index is 5.92. The predicted molar refractivity (Wildman–Crippen MR) is 76.4 cm³/mol. The summed E-state index contributed by atoms with van der Waals surface area (Å²) < 4.78 is 5.86. The average Bonchev–Trinajstić information content (AvgIpc) is 2.80. The number of nitrogens with one attached hydrogen (secondary N) is 1. The summed E-state index contributed by atoms with van der Waals surface area (Å²) in [5.41, 5.74) is 8.93. The molecule has 1 aromatic carbocycles. The van der Waals surface area contributed by atoms with E-state index in [1.54, 1.807) is 0 Å². The van der Waals surface area contributed by atoms with Gasteiger partial charge in [0.2, 0.25) is 0 Å². The van der Waals surface area contributed by atoms with Crippen LogP contribution in [0.15, 0.2) is 36.5 Å². The van der Waals surface area contributed by atoms with E-state index in [0.29, 0.717) is 12.2 Å². The summed E-state index contributed by atoms with van der Waals surface area (Å²) in [5.74, 6) is 1.71. The number of benzene rings is 1. The molecule has 0 saturated heterocycles. The molecule has 1 atom stereocenters. The van der Waals surface area contributed by atoms with Crippen LogP contribution in [0.2, 0.25) is 0 Å². The minimum atomic E-state index is 0.139. The van der Waals surface area contributed by atoms with E-state index in [-0.39, 0.29) is 6.10 Å². The van der Waals surface area contributed by atoms with Crippen LogP contribution in [0.4, 0.5) is 11.5 Å². The first-order valence-electron chi connectivity index (χ1n) is 6.43. The fourth-order valence-corrected chi connectivity index (χ4v) is 2.32. The van der Waals surface area contributed by atoms with Gasteiger partial charge in [0.25, 0.3) is 0 Å². The summed E-state index contributed by atoms with van der Waals surface area (Å²) in [5, 5.41) is 3.26. The van der Waals surface area contributed by atoms with Gasteiger partial charge in [-0.25, -0.2) is 4.98 Å². The largest absolute Gasteiger partial charge is 0.488 e. The minimum absolute atomic E-state index is 0.139. The Morgan fingerprint density at radius 2 is 2.26 bits per heavy atom. The summed E-state index contributed by atoms with van der Waals surface area (Å²) in [6.07, 6.45) is 2.87. The van der Waals surface area contributed by atoms with Gasteiger partial charge in [-0.3, -0.25) is 0 Å². The van der Waals surface area contributed by atoms with Crippen molar-refractivity contribution in [3.8, 4) is 5.75 Å². The van der Waals surface area contributed by atoms with E-state index in [2.05, 4.69) is 16.4 Å². The van der Waals surface area contributed by atoms with Gasteiger partial charge in [-0.1, -0.05) is 18.2 Å². The first kappa shape index (κ1) is 11.8. The van der Waals surface area contributed by atoms with Crippen molar-refractivity contribution in [1.82, 2.24) is 4.98 Å². The molecule has 19 heavy (non-hydrogen) atoms. The molecule has 0 fully saturated rings. The van der Waals surface area contributed by atoms with E-state index >= 15 is 0 Å². The van der Waals surface area contributed by atoms with Crippen LogP contribution in [0.1, 0.15) is 11.1 Å². The van der Waals surface area contributed by atoms with E-state index in [0.717, 1.165) is 23.6 Å². The van der Waals surface area contributed by atoms with Crippen molar-refractivity contribution in [3.05, 3.63) is 47.7 Å². The molecule has 1 aromatic heterocycles. The molecule has 4 nitrogen and oxygen atoms in total. The Morgan fingerprint density at radius 1 is 1.42 bits per heavy atom. The SMILES string of the molecule is Cc1cnc(NCC2Cc3ccccc3O2)c(N)c1. The predicted octanol–water partition coefficient (Wildman–Crippen LogP) is 2.39. The number of nitrogen functional groups attached to an aromatic ring is 1. The number of ether oxygens (including phenoxy) is 1. The van der Waals surface area contributed by atoms with Gasteiger partial charge in [0.05, 0.1) is 12.2 Å². The van der Waals surface area contributed by atoms with Gasteiger partial charge in [0, 0.05) is 12.6 Å². The van der Waals surface area contributed by atoms with Crippen molar-refractivity contribution in [1.29, 1.82) is 0 Å². The number of hydrogen-bond acceptors (Lipinski definition) is 4. The van der Waals surface area contributed by atoms with Crippen LogP contribution in [0.5, 0.6) is 5.75 Å². The third-order valence-corrected chi connectivity index (χ3v) is 3.26. The quantitative estimate of drug-likeness (QED) is 0.884. The molecule has 0 spiro atoms. The highest BCUT2D eigenvalue weighted by Crippen LogP contribution is 2.28. The minimum Gasteiger partial charge on any atom is -0.488 e. The summed E-state index contributed by atoms with van der Waals surface area (Å²) in [7, 11) is 0. The molecule has 2 aromatic rings. The number of nitrogens with two attached hydrogens (primary N) is 1. The van der Waals surface area contributed by atoms with Crippen molar-refractivity contribution in [2.24, 2.45) is 0 Å². The van der Waals surface area contributed by atoms with Crippen LogP contribution in [0, 0.1) is 6.92 Å². The first-order chi connectivity index (χ1) is 9.22. The average molecular weight is 255 g/mol. The van der Waals surface area contributed by atoms with Gasteiger partial charge in [-0.2, -0.15) is 0 Å². The van der Waals surface area contributed by atoms with E-state index in [1.807, 2.05) is 37.4 Å². The van der Waals surface area contributed by atoms with Crippen LogP contribution in [-0.4, -0.2) is 17.6 Å². The van der Waals surface area contributed by atoms with Crippen molar-refractivity contribution in [2.75, 3.05) is 17.6 Å². The standard InChI is InChI=1S/C15H17N3O/c1-10-6-13(16)15(17-8-10)18-9-12-7-11-4-2-3-5-14(11)19-12/h2-6,8,12H,7,9,16H2,1H3,(H,17,18). The monoisotopic (exact) mass is 255 g/mol. The Hall–Kier alpha value is -2.23. The number of para-hydroxylation sites is 1. The highest BCUT2D eigenvalue weighted by atomic mass is 16.5. The van der Waals surface area contributed by atoms with Crippen LogP contribution >= 0.6 is 0 Å². The third-order valence-electron chi connectivity index (χ3n) is 3.26. The van der Waals surface area contributed by atoms with Gasteiger partial charge >= 0.3 is 0 Å². The molecular weight excluding hydrogens is 238 g/mol. The third kappa shape index (κ3) is 2.47. The molecule has 1 unspecified atom stereocenters. The summed E-state index contributed by atoms with van der Waals surface area (Å²) in [4.78, 5) is 4.30. The Bertz CT molecular complexity index is 573. The Kier molecular flexibility index (Phi) is 2.99. The molecule has 0 amide bonds. The van der Waals surface area contributed by atoms with Gasteiger partial charge < -0.3 is 15.8 Å². The van der Waals surface area contributed by atoms with Crippen molar-refractivity contribution < 1.29 is 4.74 Å². The number of rotatable bonds is 3. The normalized spacial score (nSPS) is 16.8. The number of pyridine rings is 1. The molecule has 98 valence electrons. The van der Waals surface area contributed by atoms with E-state index < -0.39 is 0 Å². The molecule has 0 bridgehead atoms. The van der Waals surface area contributed by atoms with Gasteiger partial charge in [0.1, 0.15) is 17.7 Å². The van der Waals surface area contributed by atoms with E-state index in [1.165, 1.54) is 5.56 Å². The maximum absolute atomic E-state index is 5.92. The molecule has 0 saturated carbocycles. The number of anilines is 2. The number of nitrogens with zero attached hydrogens (tertiary/aromatic N) is 1. The van der Waals surface area contributed by atoms with Crippen LogP contribution in [0.3, 0.4) is 0 Å². The molecule has 1 aliphatic rings. The van der Waals surface area contributed by atoms with Crippen LogP contribution in [0.25, 0.3) is 0 Å². The maximum Gasteiger partial charge on any atom is 0.149 e. The second-order valence-electron chi connectivity index (χ2n) is 4.88. The van der Waals surface area contributed by atoms with E-state index in [4.69, 9.17) is 10.5 Å². The van der Waals surface area contributed by atoms with Crippen LogP contribution in [-0.2, 0) is 6.42 Å². The lowest BCUT2D eigenvalue weighted by atomic mass is 10.1. The number of aromatic nitrogens is 1. The Morgan fingerprint density at radius 3 is 3.05 bits per heavy atom. The summed E-state index contributed by atoms with van der Waals surface area (Å²) in [6.45, 7) is 2.68. The van der Waals surface area contributed by atoms with Crippen molar-refractivity contribution in [2.45, 2.75) is 19.4 Å². The second-order valence-corrected chi connectivity index (χ2v) is 4.88. The van der Waals surface area contributed by atoms with Crippen LogP contribution < -0.4 is 15.8 Å². The Labute approximate surface area is 112 Å². The zero-order valence-corrected chi connectivity index (χ0v) is 10.9. The second kappa shape index (κ2) is 4.80. The first-order valence-corrected chi connectivity index (χ1v) is 6.43. The number of hydrogen-bond donors (Lipinski definition) is 2. The lowest BCUT2D eigenvalue weighted by Crippen LogP contribution is -2.24. The molecule has 0 radical (unpaired) electrons. The topological polar surface area (TPSA) is 60.2 Å². The molecule has 1 aliphatic heterocycles. The number of fused-ring (bicyclic) bond motifs is 1. The molecule has 4 heteroatoms. The highest BCUT2D eigenvalue weighted by Gasteiger charge is 2.22. The van der Waals surface area contributed by atoms with E-state index in [9.17, 15) is 0 Å². The summed E-state index contributed by atoms with van der Waals surface area (Å²) >= 11 is 0. The fraction of sp³-hybridized carbons (Fsp3) is 0.267. The molecule has 0 aliphatic carbocycles. The molecule has 3 rings (SSSR count). The number of aryl methyl sites for hydroxylation is 1. The highest BCUT2D eigenvalue weighted by molar-refractivity contribution is 5.61. The summed E-state index contributed by atoms with van der Waals surface area (Å²) in [6, 6.07) is 10.1. The smallest absolute Gasteiger partial charge is 0.149 e. The molecule has 3 N–H and O–H groups in total. The zero-order chi connectivity index (χ0) is 13.2. The van der Waals surface area contributed by atoms with Gasteiger partial charge in [-0.15, -0.1) is 0 Å². The zero-order valence-electron chi connectivity index (χ0n) is 10.9. The van der Waals surface area contributed by atoms with Crippen molar-refractivity contribution in [3.63, 3.8) is 0 Å². The Balaban J connectivity index is 1.63.